The molecule has 1 aliphatic heterocycles. The first-order chi connectivity index (χ1) is 11.5. The summed E-state index contributed by atoms with van der Waals surface area (Å²) in [6.45, 7) is 6.16. The third-order valence-electron chi connectivity index (χ3n) is 4.24. The summed E-state index contributed by atoms with van der Waals surface area (Å²) in [5.74, 6) is 1.73. The maximum absolute atomic E-state index is 12.6. The van der Waals surface area contributed by atoms with Crippen molar-refractivity contribution in [2.75, 3.05) is 13.1 Å². The fourth-order valence-electron chi connectivity index (χ4n) is 2.99. The molecule has 0 saturated carbocycles. The molecule has 1 aromatic carbocycles. The van der Waals surface area contributed by atoms with Crippen LogP contribution < -0.4 is 10.5 Å². The van der Waals surface area contributed by atoms with Gasteiger partial charge in [-0.1, -0.05) is 13.0 Å². The molecule has 1 saturated heterocycles. The molecule has 1 amide bonds. The fourth-order valence-corrected chi connectivity index (χ4v) is 2.99. The minimum Gasteiger partial charge on any atom is -0.439 e. The minimum atomic E-state index is 0.0599. The van der Waals surface area contributed by atoms with Gasteiger partial charge in [0, 0.05) is 37.0 Å². The Morgan fingerprint density at radius 1 is 1.38 bits per heavy atom. The van der Waals surface area contributed by atoms with E-state index in [-0.39, 0.29) is 5.91 Å². The van der Waals surface area contributed by atoms with Crippen molar-refractivity contribution in [3.63, 3.8) is 0 Å². The Morgan fingerprint density at radius 2 is 2.21 bits per heavy atom. The number of carbonyl (C=O) groups is 1. The van der Waals surface area contributed by atoms with Crippen molar-refractivity contribution in [2.24, 2.45) is 11.7 Å². The lowest BCUT2D eigenvalue weighted by Gasteiger charge is -2.16. The average molecular weight is 325 g/mol. The molecule has 0 unspecified atom stereocenters. The van der Waals surface area contributed by atoms with Crippen molar-refractivity contribution < 1.29 is 9.53 Å². The van der Waals surface area contributed by atoms with E-state index in [1.807, 2.05) is 42.2 Å². The normalized spacial score (nSPS) is 17.1. The molecule has 0 spiro atoms. The zero-order valence-electron chi connectivity index (χ0n) is 14.2. The third-order valence-corrected chi connectivity index (χ3v) is 4.24. The summed E-state index contributed by atoms with van der Waals surface area (Å²) in [5.41, 5.74) is 8.16. The summed E-state index contributed by atoms with van der Waals surface area (Å²) in [4.78, 5) is 18.9. The lowest BCUT2D eigenvalue weighted by atomic mass is 10.1. The largest absolute Gasteiger partial charge is 0.439 e. The quantitative estimate of drug-likeness (QED) is 0.938. The average Bonchev–Trinajstić information content (AvgIpc) is 3.00. The molecule has 24 heavy (non-hydrogen) atoms. The number of nitrogens with zero attached hydrogens (tertiary/aromatic N) is 2. The Labute approximate surface area is 142 Å². The molecule has 1 fully saturated rings. The Kier molecular flexibility index (Phi) is 4.81. The van der Waals surface area contributed by atoms with Crippen LogP contribution in [0.2, 0.25) is 0 Å². The van der Waals surface area contributed by atoms with Gasteiger partial charge in [0.2, 0.25) is 5.88 Å². The number of hydrogen-bond acceptors (Lipinski definition) is 4. The number of nitrogens with two attached hydrogens (primary N) is 1. The molecule has 5 heteroatoms. The van der Waals surface area contributed by atoms with Gasteiger partial charge in [-0.15, -0.1) is 0 Å². The zero-order chi connectivity index (χ0) is 17.1. The first-order valence-electron chi connectivity index (χ1n) is 8.30. The zero-order valence-corrected chi connectivity index (χ0v) is 14.2. The topological polar surface area (TPSA) is 68.5 Å². The molecule has 2 aromatic rings. The van der Waals surface area contributed by atoms with Gasteiger partial charge >= 0.3 is 0 Å². The molecular formula is C19H23N3O2. The molecule has 0 bridgehead atoms. The van der Waals surface area contributed by atoms with E-state index in [4.69, 9.17) is 10.5 Å². The molecule has 3 rings (SSSR count). The Bertz CT molecular complexity index is 745. The number of rotatable bonds is 4. The van der Waals surface area contributed by atoms with E-state index in [2.05, 4.69) is 11.9 Å². The molecular weight excluding hydrogens is 302 g/mol. The van der Waals surface area contributed by atoms with Crippen LogP contribution in [0.4, 0.5) is 0 Å². The molecule has 2 heterocycles. The van der Waals surface area contributed by atoms with Crippen molar-refractivity contribution in [1.29, 1.82) is 0 Å². The van der Waals surface area contributed by atoms with Crippen LogP contribution >= 0.6 is 0 Å². The van der Waals surface area contributed by atoms with Gasteiger partial charge in [-0.25, -0.2) is 4.98 Å². The van der Waals surface area contributed by atoms with E-state index in [1.165, 1.54) is 0 Å². The van der Waals surface area contributed by atoms with E-state index in [0.717, 1.165) is 30.8 Å². The number of amides is 1. The van der Waals surface area contributed by atoms with Crippen LogP contribution in [0.25, 0.3) is 0 Å². The van der Waals surface area contributed by atoms with Gasteiger partial charge in [0.25, 0.3) is 5.91 Å². The van der Waals surface area contributed by atoms with E-state index >= 15 is 0 Å². The Morgan fingerprint density at radius 3 is 2.92 bits per heavy atom. The lowest BCUT2D eigenvalue weighted by Crippen LogP contribution is -2.28. The maximum atomic E-state index is 12.6. The number of likely N-dealkylation sites (tertiary alicyclic amines) is 1. The number of hydrogen-bond donors (Lipinski definition) is 1. The maximum Gasteiger partial charge on any atom is 0.253 e. The fraction of sp³-hybridized carbons (Fsp3) is 0.368. The summed E-state index contributed by atoms with van der Waals surface area (Å²) in [6.07, 6.45) is 1.07. The van der Waals surface area contributed by atoms with E-state index in [0.29, 0.717) is 29.7 Å². The molecule has 0 radical (unpaired) electrons. The van der Waals surface area contributed by atoms with Crippen molar-refractivity contribution in [1.82, 2.24) is 9.88 Å². The third kappa shape index (κ3) is 3.74. The van der Waals surface area contributed by atoms with E-state index < -0.39 is 0 Å². The second-order valence-corrected chi connectivity index (χ2v) is 6.43. The van der Waals surface area contributed by atoms with Gasteiger partial charge in [-0.3, -0.25) is 4.79 Å². The predicted molar refractivity (Wildman–Crippen MR) is 93.1 cm³/mol. The monoisotopic (exact) mass is 325 g/mol. The second kappa shape index (κ2) is 7.01. The standard InChI is InChI=1S/C19H23N3O2/c1-13-6-7-22(12-13)19(23)16-4-3-5-17(10-16)24-18-9-15(11-20)8-14(2)21-18/h3-5,8-10,13H,6-7,11-12,20H2,1-2H3/t13-/m0/s1. The molecule has 126 valence electrons. The molecule has 1 aromatic heterocycles. The van der Waals surface area contributed by atoms with Crippen molar-refractivity contribution in [3.8, 4) is 11.6 Å². The summed E-state index contributed by atoms with van der Waals surface area (Å²) in [7, 11) is 0. The van der Waals surface area contributed by atoms with Crippen LogP contribution in [-0.4, -0.2) is 28.9 Å². The SMILES string of the molecule is Cc1cc(CN)cc(Oc2cccc(C(=O)N3CC[C@H](C)C3)c2)n1. The highest BCUT2D eigenvalue weighted by atomic mass is 16.5. The van der Waals surface area contributed by atoms with Crippen LogP contribution in [0.15, 0.2) is 36.4 Å². The van der Waals surface area contributed by atoms with Gasteiger partial charge in [-0.05, 0) is 49.1 Å². The highest BCUT2D eigenvalue weighted by Gasteiger charge is 2.24. The van der Waals surface area contributed by atoms with Gasteiger partial charge in [0.05, 0.1) is 0 Å². The Balaban J connectivity index is 1.78. The smallest absolute Gasteiger partial charge is 0.253 e. The van der Waals surface area contributed by atoms with Gasteiger partial charge in [-0.2, -0.15) is 0 Å². The highest BCUT2D eigenvalue weighted by Crippen LogP contribution is 2.24. The summed E-state index contributed by atoms with van der Waals surface area (Å²) in [5, 5.41) is 0. The summed E-state index contributed by atoms with van der Waals surface area (Å²) < 4.78 is 5.84. The lowest BCUT2D eigenvalue weighted by molar-refractivity contribution is 0.0787. The molecule has 0 aliphatic carbocycles. The molecule has 5 nitrogen and oxygen atoms in total. The van der Waals surface area contributed by atoms with Crippen LogP contribution in [0, 0.1) is 12.8 Å². The number of aryl methyl sites for hydroxylation is 1. The first-order valence-corrected chi connectivity index (χ1v) is 8.30. The number of benzene rings is 1. The number of carbonyl (C=O) groups excluding carboxylic acids is 1. The molecule has 2 N–H and O–H groups in total. The second-order valence-electron chi connectivity index (χ2n) is 6.43. The summed E-state index contributed by atoms with van der Waals surface area (Å²) in [6, 6.07) is 11.0. The van der Waals surface area contributed by atoms with E-state index in [1.54, 1.807) is 6.07 Å². The van der Waals surface area contributed by atoms with Crippen LogP contribution in [0.5, 0.6) is 11.6 Å². The summed E-state index contributed by atoms with van der Waals surface area (Å²) >= 11 is 0. The van der Waals surface area contributed by atoms with Crippen LogP contribution in [0.3, 0.4) is 0 Å². The highest BCUT2D eigenvalue weighted by molar-refractivity contribution is 5.94. The van der Waals surface area contributed by atoms with Gasteiger partial charge < -0.3 is 15.4 Å². The molecule has 1 aliphatic rings. The van der Waals surface area contributed by atoms with Gasteiger partial charge in [0.15, 0.2) is 0 Å². The van der Waals surface area contributed by atoms with Crippen LogP contribution in [-0.2, 0) is 6.54 Å². The number of aromatic nitrogens is 1. The first kappa shape index (κ1) is 16.5. The predicted octanol–water partition coefficient (Wildman–Crippen LogP) is 3.12. The number of ether oxygens (including phenoxy) is 1. The molecule has 1 atom stereocenters. The van der Waals surface area contributed by atoms with Gasteiger partial charge in [0.1, 0.15) is 5.75 Å². The number of pyridine rings is 1. The minimum absolute atomic E-state index is 0.0599. The van der Waals surface area contributed by atoms with E-state index in [9.17, 15) is 4.79 Å². The van der Waals surface area contributed by atoms with Crippen molar-refractivity contribution in [3.05, 3.63) is 53.2 Å². The van der Waals surface area contributed by atoms with Crippen LogP contribution in [0.1, 0.15) is 35.0 Å². The Hall–Kier alpha value is -2.40. The van der Waals surface area contributed by atoms with Crippen molar-refractivity contribution in [2.45, 2.75) is 26.8 Å². The van der Waals surface area contributed by atoms with Crippen molar-refractivity contribution >= 4 is 5.91 Å².